The van der Waals surface area contributed by atoms with Crippen molar-refractivity contribution in [3.8, 4) is 0 Å². The van der Waals surface area contributed by atoms with Crippen molar-refractivity contribution in [2.75, 3.05) is 26.4 Å². The summed E-state index contributed by atoms with van der Waals surface area (Å²) in [5, 5.41) is 0. The number of hydrogen-bond donors (Lipinski definition) is 2. The highest BCUT2D eigenvalue weighted by Gasteiger charge is 2.26. The van der Waals surface area contributed by atoms with Crippen LogP contribution in [0, 0.1) is 0 Å². The van der Waals surface area contributed by atoms with Gasteiger partial charge in [0, 0.05) is 19.4 Å². The van der Waals surface area contributed by atoms with E-state index in [-0.39, 0.29) is 38.6 Å². The molecule has 89 heavy (non-hydrogen) atoms. The van der Waals surface area contributed by atoms with Crippen molar-refractivity contribution < 1.29 is 37.6 Å². The van der Waals surface area contributed by atoms with Gasteiger partial charge in [0.2, 0.25) is 0 Å². The van der Waals surface area contributed by atoms with E-state index >= 15 is 0 Å². The minimum Gasteiger partial charge on any atom is -0.462 e. The SMILES string of the molecule is CC/C=C\C/C=C\C/C=C\C/C=C\C/C=C\C/C=C\CCCCCCCCCCCCCCC(=O)OC(COC(=O)CCCCCCCCCCCCCCCCCCCCCCCCCCCCCCCCCCCCCCC)COP(=O)(O)OCCN. The Labute approximate surface area is 552 Å². The second kappa shape index (κ2) is 74.5. The summed E-state index contributed by atoms with van der Waals surface area (Å²) in [7, 11) is -4.40. The molecule has 2 atom stereocenters. The normalized spacial score (nSPS) is 13.3. The highest BCUT2D eigenvalue weighted by Crippen LogP contribution is 2.43. The van der Waals surface area contributed by atoms with Crippen molar-refractivity contribution in [1.82, 2.24) is 0 Å². The quantitative estimate of drug-likeness (QED) is 0.0264. The third-order valence-corrected chi connectivity index (χ3v) is 18.1. The standard InChI is InChI=1S/C79H146NO8P/c1-3-5-7-9-11-13-15-17-19-21-23-25-27-29-31-33-35-36-37-38-39-40-42-43-45-47-49-51-53-55-57-59-61-63-65-67-69-71-78(81)85-75-77(76-87-89(83,84)86-74-73-80)88-79(82)72-70-68-66-64-62-60-58-56-54-52-50-48-46-44-41-34-32-30-28-26-24-22-20-18-16-14-12-10-8-6-4-2/h6,8,12,14,18,20,24,26,30,32,41,44,77H,3-5,7,9-11,13,15-17,19,21-23,25,27-29,31,33-40,42-43,45-76,80H2,1-2H3,(H,83,84)/b8-6-,14-12-,20-18-,26-24-,32-30-,44-41-. The van der Waals surface area contributed by atoms with Crippen LogP contribution in [0.3, 0.4) is 0 Å². The molecule has 0 bridgehead atoms. The molecule has 520 valence electrons. The van der Waals surface area contributed by atoms with Crippen LogP contribution in [0.5, 0.6) is 0 Å². The molecule has 3 N–H and O–H groups in total. The fourth-order valence-corrected chi connectivity index (χ4v) is 12.2. The number of esters is 2. The molecule has 0 aromatic heterocycles. The Morgan fingerprint density at radius 1 is 0.348 bits per heavy atom. The number of carbonyl (C=O) groups excluding carboxylic acids is 2. The van der Waals surface area contributed by atoms with Crippen LogP contribution < -0.4 is 5.73 Å². The van der Waals surface area contributed by atoms with Gasteiger partial charge in [-0.1, -0.05) is 382 Å². The van der Waals surface area contributed by atoms with Crippen LogP contribution >= 0.6 is 7.82 Å². The molecule has 0 aromatic carbocycles. The molecule has 2 unspecified atom stereocenters. The molecule has 0 radical (unpaired) electrons. The van der Waals surface area contributed by atoms with E-state index in [1.807, 2.05) is 0 Å². The second-order valence-electron chi connectivity index (χ2n) is 25.9. The average molecular weight is 1270 g/mol. The average Bonchev–Trinajstić information content (AvgIpc) is 3.68. The largest absolute Gasteiger partial charge is 0.472 e. The summed E-state index contributed by atoms with van der Waals surface area (Å²) in [4.78, 5) is 35.4. The molecule has 0 fully saturated rings. The van der Waals surface area contributed by atoms with Crippen LogP contribution in [0.25, 0.3) is 0 Å². The zero-order chi connectivity index (χ0) is 64.4. The van der Waals surface area contributed by atoms with Crippen LogP contribution in [-0.2, 0) is 32.7 Å². The molecule has 0 saturated carbocycles. The van der Waals surface area contributed by atoms with E-state index in [9.17, 15) is 19.0 Å². The topological polar surface area (TPSA) is 134 Å². The van der Waals surface area contributed by atoms with E-state index in [2.05, 4.69) is 86.8 Å². The first kappa shape index (κ1) is 86.5. The summed E-state index contributed by atoms with van der Waals surface area (Å²) >= 11 is 0. The van der Waals surface area contributed by atoms with Gasteiger partial charge in [0.05, 0.1) is 13.2 Å². The smallest absolute Gasteiger partial charge is 0.462 e. The second-order valence-corrected chi connectivity index (χ2v) is 27.3. The summed E-state index contributed by atoms with van der Waals surface area (Å²) in [5.74, 6) is -0.814. The monoisotopic (exact) mass is 1270 g/mol. The van der Waals surface area contributed by atoms with E-state index in [4.69, 9.17) is 24.3 Å². The van der Waals surface area contributed by atoms with Crippen molar-refractivity contribution in [1.29, 1.82) is 0 Å². The zero-order valence-electron chi connectivity index (χ0n) is 58.7. The number of phosphoric ester groups is 1. The van der Waals surface area contributed by atoms with Gasteiger partial charge in [-0.3, -0.25) is 18.6 Å². The zero-order valence-corrected chi connectivity index (χ0v) is 59.6. The summed E-state index contributed by atoms with van der Waals surface area (Å²) in [6.07, 6.45) is 98.9. The lowest BCUT2D eigenvalue weighted by atomic mass is 10.0. The van der Waals surface area contributed by atoms with Gasteiger partial charge in [-0.25, -0.2) is 4.57 Å². The van der Waals surface area contributed by atoms with Gasteiger partial charge < -0.3 is 20.1 Å². The highest BCUT2D eigenvalue weighted by molar-refractivity contribution is 7.47. The summed E-state index contributed by atoms with van der Waals surface area (Å²) in [6.45, 7) is 3.69. The predicted octanol–water partition coefficient (Wildman–Crippen LogP) is 25.5. The van der Waals surface area contributed by atoms with Gasteiger partial charge in [0.15, 0.2) is 6.10 Å². The molecule has 0 aliphatic rings. The number of unbranched alkanes of at least 4 members (excludes halogenated alkanes) is 48. The maximum Gasteiger partial charge on any atom is 0.472 e. The van der Waals surface area contributed by atoms with Crippen molar-refractivity contribution >= 4 is 19.8 Å². The van der Waals surface area contributed by atoms with E-state index in [0.717, 1.165) is 77.0 Å². The van der Waals surface area contributed by atoms with Gasteiger partial charge >= 0.3 is 19.8 Å². The maximum absolute atomic E-state index is 12.8. The Bertz CT molecular complexity index is 1690. The Hall–Kier alpha value is -2.55. The molecular formula is C79H146NO8P. The van der Waals surface area contributed by atoms with Gasteiger partial charge in [0.1, 0.15) is 6.61 Å². The van der Waals surface area contributed by atoms with Crippen LogP contribution in [0.4, 0.5) is 0 Å². The van der Waals surface area contributed by atoms with Gasteiger partial charge in [-0.05, 0) is 64.2 Å². The minimum atomic E-state index is -4.40. The van der Waals surface area contributed by atoms with E-state index < -0.39 is 26.5 Å². The third-order valence-electron chi connectivity index (χ3n) is 17.1. The minimum absolute atomic E-state index is 0.0526. The number of carbonyl (C=O) groups is 2. The van der Waals surface area contributed by atoms with E-state index in [1.165, 1.54) is 276 Å². The number of hydrogen-bond acceptors (Lipinski definition) is 8. The first-order chi connectivity index (χ1) is 43.8. The lowest BCUT2D eigenvalue weighted by Gasteiger charge is -2.19. The lowest BCUT2D eigenvalue weighted by Crippen LogP contribution is -2.29. The molecule has 0 heterocycles. The molecular weight excluding hydrogens is 1120 g/mol. The van der Waals surface area contributed by atoms with Gasteiger partial charge in [-0.15, -0.1) is 0 Å². The van der Waals surface area contributed by atoms with Gasteiger partial charge in [-0.2, -0.15) is 0 Å². The molecule has 9 nitrogen and oxygen atoms in total. The molecule has 0 aromatic rings. The Balaban J connectivity index is 3.79. The number of rotatable bonds is 73. The molecule has 0 amide bonds. The molecule has 0 rings (SSSR count). The van der Waals surface area contributed by atoms with E-state index in [0.29, 0.717) is 6.42 Å². The predicted molar refractivity (Wildman–Crippen MR) is 386 cm³/mol. The Morgan fingerprint density at radius 3 is 0.921 bits per heavy atom. The molecule has 10 heteroatoms. The highest BCUT2D eigenvalue weighted by atomic mass is 31.2. The van der Waals surface area contributed by atoms with Gasteiger partial charge in [0.25, 0.3) is 0 Å². The number of nitrogens with two attached hydrogens (primary N) is 1. The lowest BCUT2D eigenvalue weighted by molar-refractivity contribution is -0.161. The van der Waals surface area contributed by atoms with Crippen molar-refractivity contribution in [2.24, 2.45) is 5.73 Å². The maximum atomic E-state index is 12.8. The molecule has 0 saturated heterocycles. The number of ether oxygens (including phenoxy) is 2. The Morgan fingerprint density at radius 2 is 0.618 bits per heavy atom. The third kappa shape index (κ3) is 74.4. The van der Waals surface area contributed by atoms with Crippen molar-refractivity contribution in [3.05, 3.63) is 72.9 Å². The molecule has 0 aliphatic carbocycles. The van der Waals surface area contributed by atoms with Crippen molar-refractivity contribution in [3.63, 3.8) is 0 Å². The molecule has 0 spiro atoms. The summed E-state index contributed by atoms with van der Waals surface area (Å²) in [6, 6.07) is 0. The van der Waals surface area contributed by atoms with Crippen LogP contribution in [0.15, 0.2) is 72.9 Å². The van der Waals surface area contributed by atoms with Crippen LogP contribution in [-0.4, -0.2) is 49.3 Å². The molecule has 0 aliphatic heterocycles. The first-order valence-corrected chi connectivity index (χ1v) is 39.9. The van der Waals surface area contributed by atoms with Crippen LogP contribution in [0.1, 0.15) is 386 Å². The fraction of sp³-hybridized carbons (Fsp3) is 0.823. The Kier molecular flexibility index (Phi) is 72.4. The van der Waals surface area contributed by atoms with E-state index in [1.54, 1.807) is 0 Å². The number of allylic oxidation sites excluding steroid dienone is 12. The fourth-order valence-electron chi connectivity index (χ4n) is 11.5. The summed E-state index contributed by atoms with van der Waals surface area (Å²) in [5.41, 5.74) is 5.41. The van der Waals surface area contributed by atoms with Crippen LogP contribution in [0.2, 0.25) is 0 Å². The summed E-state index contributed by atoms with van der Waals surface area (Å²) < 4.78 is 33.2. The first-order valence-electron chi connectivity index (χ1n) is 38.4. The number of phosphoric acid groups is 1. The van der Waals surface area contributed by atoms with Crippen molar-refractivity contribution in [2.45, 2.75) is 392 Å².